The number of hydrogen-bond acceptors (Lipinski definition) is 5. The molecule has 4 rings (SSSR count). The standard InChI is InChI=1S/C19H19ClN2O2S2/c1-12-6-7-15(20)18-17(12)21-19(26-18)22(11-13-4-2-8-24-13)16(23)10-14-5-3-9-25-14/h3,5-7,9,13H,2,4,8,10-11H2,1H3. The molecule has 1 atom stereocenters. The van der Waals surface area contributed by atoms with E-state index in [1.807, 2.05) is 36.6 Å². The van der Waals surface area contributed by atoms with Crippen molar-refractivity contribution in [2.24, 2.45) is 0 Å². The monoisotopic (exact) mass is 406 g/mol. The fourth-order valence-corrected chi connectivity index (χ4v) is 5.18. The van der Waals surface area contributed by atoms with Crippen molar-refractivity contribution in [1.82, 2.24) is 4.98 Å². The minimum absolute atomic E-state index is 0.0516. The molecule has 0 radical (unpaired) electrons. The Morgan fingerprint density at radius 1 is 1.42 bits per heavy atom. The number of ether oxygens (including phenoxy) is 1. The molecular weight excluding hydrogens is 388 g/mol. The van der Waals surface area contributed by atoms with Gasteiger partial charge in [-0.2, -0.15) is 0 Å². The molecule has 0 saturated carbocycles. The summed E-state index contributed by atoms with van der Waals surface area (Å²) in [5, 5.41) is 3.37. The van der Waals surface area contributed by atoms with Crippen molar-refractivity contribution in [3.8, 4) is 0 Å². The Morgan fingerprint density at radius 2 is 2.31 bits per heavy atom. The van der Waals surface area contributed by atoms with Crippen LogP contribution in [0.4, 0.5) is 5.13 Å². The molecule has 0 aliphatic carbocycles. The van der Waals surface area contributed by atoms with Crippen molar-refractivity contribution in [2.45, 2.75) is 32.3 Å². The lowest BCUT2D eigenvalue weighted by Gasteiger charge is -2.22. The first-order valence-electron chi connectivity index (χ1n) is 8.62. The van der Waals surface area contributed by atoms with E-state index in [0.717, 1.165) is 40.1 Å². The van der Waals surface area contributed by atoms with E-state index in [-0.39, 0.29) is 12.0 Å². The molecule has 0 spiro atoms. The minimum atomic E-state index is 0.0516. The molecule has 26 heavy (non-hydrogen) atoms. The maximum atomic E-state index is 13.1. The van der Waals surface area contributed by atoms with Gasteiger partial charge in [0.25, 0.3) is 0 Å². The van der Waals surface area contributed by atoms with Crippen molar-refractivity contribution in [3.63, 3.8) is 0 Å². The van der Waals surface area contributed by atoms with Crippen LogP contribution in [-0.4, -0.2) is 30.1 Å². The number of benzene rings is 1. The van der Waals surface area contributed by atoms with Gasteiger partial charge in [-0.3, -0.25) is 9.69 Å². The fourth-order valence-electron chi connectivity index (χ4n) is 3.14. The van der Waals surface area contributed by atoms with Crippen molar-refractivity contribution in [3.05, 3.63) is 45.1 Å². The quantitative estimate of drug-likeness (QED) is 0.593. The summed E-state index contributed by atoms with van der Waals surface area (Å²) in [5.41, 5.74) is 1.94. The molecule has 1 saturated heterocycles. The van der Waals surface area contributed by atoms with E-state index < -0.39 is 0 Å². The van der Waals surface area contributed by atoms with Crippen LogP contribution in [0.1, 0.15) is 23.3 Å². The predicted octanol–water partition coefficient (Wildman–Crippen LogP) is 5.07. The summed E-state index contributed by atoms with van der Waals surface area (Å²) in [6, 6.07) is 7.82. The van der Waals surface area contributed by atoms with Gasteiger partial charge < -0.3 is 4.74 Å². The first-order valence-corrected chi connectivity index (χ1v) is 10.7. The van der Waals surface area contributed by atoms with Gasteiger partial charge in [0.05, 0.1) is 34.3 Å². The lowest BCUT2D eigenvalue weighted by molar-refractivity contribution is -0.118. The highest BCUT2D eigenvalue weighted by molar-refractivity contribution is 7.23. The molecule has 3 aromatic rings. The Hall–Kier alpha value is -1.47. The van der Waals surface area contributed by atoms with Crippen molar-refractivity contribution >= 4 is 55.5 Å². The summed E-state index contributed by atoms with van der Waals surface area (Å²) < 4.78 is 6.70. The number of thiophene rings is 1. The van der Waals surface area contributed by atoms with Crippen LogP contribution in [0.2, 0.25) is 5.02 Å². The highest BCUT2D eigenvalue weighted by atomic mass is 35.5. The first-order chi connectivity index (χ1) is 12.6. The minimum Gasteiger partial charge on any atom is -0.376 e. The summed E-state index contributed by atoms with van der Waals surface area (Å²) in [5.74, 6) is 0.0516. The molecule has 0 bridgehead atoms. The van der Waals surface area contributed by atoms with Gasteiger partial charge in [0.2, 0.25) is 5.91 Å². The van der Waals surface area contributed by atoms with Crippen molar-refractivity contribution < 1.29 is 9.53 Å². The van der Waals surface area contributed by atoms with Crippen LogP contribution < -0.4 is 4.90 Å². The highest BCUT2D eigenvalue weighted by Crippen LogP contribution is 2.36. The molecule has 1 unspecified atom stereocenters. The zero-order valence-electron chi connectivity index (χ0n) is 14.4. The highest BCUT2D eigenvalue weighted by Gasteiger charge is 2.27. The maximum absolute atomic E-state index is 13.1. The van der Waals surface area contributed by atoms with Crippen LogP contribution >= 0.6 is 34.3 Å². The lowest BCUT2D eigenvalue weighted by Crippen LogP contribution is -2.38. The van der Waals surface area contributed by atoms with Gasteiger partial charge >= 0.3 is 0 Å². The van der Waals surface area contributed by atoms with Gasteiger partial charge in [-0.25, -0.2) is 4.98 Å². The summed E-state index contributed by atoms with van der Waals surface area (Å²) in [4.78, 5) is 20.7. The van der Waals surface area contributed by atoms with E-state index in [9.17, 15) is 4.79 Å². The Labute approximate surface area is 165 Å². The molecular formula is C19H19ClN2O2S2. The second-order valence-electron chi connectivity index (χ2n) is 6.43. The molecule has 2 aromatic heterocycles. The second kappa shape index (κ2) is 7.64. The van der Waals surface area contributed by atoms with Gasteiger partial charge in [-0.05, 0) is 42.8 Å². The largest absolute Gasteiger partial charge is 0.376 e. The van der Waals surface area contributed by atoms with Gasteiger partial charge in [-0.15, -0.1) is 11.3 Å². The Morgan fingerprint density at radius 3 is 3.00 bits per heavy atom. The van der Waals surface area contributed by atoms with Gasteiger partial charge in [0, 0.05) is 11.5 Å². The number of carbonyl (C=O) groups is 1. The molecule has 4 nitrogen and oxygen atoms in total. The van der Waals surface area contributed by atoms with Gasteiger partial charge in [0.1, 0.15) is 0 Å². The maximum Gasteiger partial charge on any atom is 0.234 e. The van der Waals surface area contributed by atoms with E-state index in [1.54, 1.807) is 16.2 Å². The number of thiazole rings is 1. The van der Waals surface area contributed by atoms with Crippen LogP contribution in [0.25, 0.3) is 10.2 Å². The number of aryl methyl sites for hydroxylation is 1. The van der Waals surface area contributed by atoms with Crippen LogP contribution in [0.15, 0.2) is 29.6 Å². The number of carbonyl (C=O) groups excluding carboxylic acids is 1. The van der Waals surface area contributed by atoms with E-state index in [1.165, 1.54) is 11.3 Å². The number of anilines is 1. The summed E-state index contributed by atoms with van der Waals surface area (Å²) in [6.07, 6.45) is 2.48. The van der Waals surface area contributed by atoms with Crippen LogP contribution in [0.3, 0.4) is 0 Å². The average molecular weight is 407 g/mol. The molecule has 1 fully saturated rings. The average Bonchev–Trinajstić information content (AvgIpc) is 3.37. The summed E-state index contributed by atoms with van der Waals surface area (Å²) in [7, 11) is 0. The number of rotatable bonds is 5. The fraction of sp³-hybridized carbons (Fsp3) is 0.368. The predicted molar refractivity (Wildman–Crippen MR) is 109 cm³/mol. The van der Waals surface area contributed by atoms with Crippen molar-refractivity contribution in [1.29, 1.82) is 0 Å². The zero-order chi connectivity index (χ0) is 18.1. The lowest BCUT2D eigenvalue weighted by atomic mass is 10.2. The number of fused-ring (bicyclic) bond motifs is 1. The molecule has 0 N–H and O–H groups in total. The molecule has 136 valence electrons. The molecule has 1 amide bonds. The number of amides is 1. The van der Waals surface area contributed by atoms with Crippen LogP contribution in [0.5, 0.6) is 0 Å². The number of aromatic nitrogens is 1. The van der Waals surface area contributed by atoms with E-state index >= 15 is 0 Å². The normalized spacial score (nSPS) is 17.1. The topological polar surface area (TPSA) is 42.4 Å². The van der Waals surface area contributed by atoms with Gasteiger partial charge in [0.15, 0.2) is 5.13 Å². The molecule has 1 aromatic carbocycles. The third-order valence-electron chi connectivity index (χ3n) is 4.53. The number of hydrogen-bond donors (Lipinski definition) is 0. The molecule has 3 heterocycles. The van der Waals surface area contributed by atoms with E-state index in [0.29, 0.717) is 23.1 Å². The number of nitrogens with zero attached hydrogens (tertiary/aromatic N) is 2. The molecule has 7 heteroatoms. The van der Waals surface area contributed by atoms with E-state index in [2.05, 4.69) is 0 Å². The smallest absolute Gasteiger partial charge is 0.234 e. The number of halogens is 1. The van der Waals surface area contributed by atoms with Gasteiger partial charge in [-0.1, -0.05) is 35.1 Å². The molecule has 1 aliphatic heterocycles. The Bertz CT molecular complexity index is 878. The van der Waals surface area contributed by atoms with Crippen LogP contribution in [-0.2, 0) is 16.0 Å². The van der Waals surface area contributed by atoms with Crippen molar-refractivity contribution in [2.75, 3.05) is 18.1 Å². The first kappa shape index (κ1) is 17.9. The van der Waals surface area contributed by atoms with Crippen LogP contribution in [0, 0.1) is 6.92 Å². The third-order valence-corrected chi connectivity index (χ3v) is 6.95. The summed E-state index contributed by atoms with van der Waals surface area (Å²) in [6.45, 7) is 3.32. The molecule has 1 aliphatic rings. The zero-order valence-corrected chi connectivity index (χ0v) is 16.8. The summed E-state index contributed by atoms with van der Waals surface area (Å²) >= 11 is 9.44. The second-order valence-corrected chi connectivity index (χ2v) is 8.85. The SMILES string of the molecule is Cc1ccc(Cl)c2sc(N(CC3CCCO3)C(=O)Cc3cccs3)nc12. The Balaban J connectivity index is 1.68. The Kier molecular flexibility index (Phi) is 5.27. The third kappa shape index (κ3) is 3.64. The van der Waals surface area contributed by atoms with E-state index in [4.69, 9.17) is 21.3 Å².